The summed E-state index contributed by atoms with van der Waals surface area (Å²) in [4.78, 5) is 34.1. The van der Waals surface area contributed by atoms with Gasteiger partial charge in [0.05, 0.1) is 0 Å². The Morgan fingerprint density at radius 1 is 1.22 bits per heavy atom. The fraction of sp³-hybridized carbons (Fsp3) is 0.389. The van der Waals surface area contributed by atoms with Gasteiger partial charge in [-0.15, -0.1) is 0 Å². The number of nitrogens with one attached hydrogen (secondary N) is 2. The standard InChI is InChI=1S/C18H20N6O2S/c19-9-15-16(21-5-4-20-15)24-6-1-13(2-7-24)10-22-17(25)18(26)23-11-14-3-8-27-12-14/h3-5,8,12-13H,1-2,6-7,10-11H2,(H,22,25)(H,23,26). The van der Waals surface area contributed by atoms with Gasteiger partial charge in [-0.05, 0) is 41.1 Å². The first kappa shape index (κ1) is 18.8. The molecule has 0 aliphatic carbocycles. The number of piperidine rings is 1. The summed E-state index contributed by atoms with van der Waals surface area (Å²) in [6.45, 7) is 2.29. The zero-order chi connectivity index (χ0) is 19.1. The number of carbonyl (C=O) groups excluding carboxylic acids is 2. The van der Waals surface area contributed by atoms with E-state index in [1.807, 2.05) is 21.7 Å². The molecule has 1 aliphatic heterocycles. The van der Waals surface area contributed by atoms with Gasteiger partial charge in [0.1, 0.15) is 6.07 Å². The number of thiophene rings is 1. The highest BCUT2D eigenvalue weighted by molar-refractivity contribution is 7.07. The first-order chi connectivity index (χ1) is 13.2. The molecular formula is C18H20N6O2S. The van der Waals surface area contributed by atoms with E-state index in [0.717, 1.165) is 31.5 Å². The van der Waals surface area contributed by atoms with Crippen molar-refractivity contribution in [2.75, 3.05) is 24.5 Å². The molecule has 9 heteroatoms. The van der Waals surface area contributed by atoms with Crippen LogP contribution in [0.1, 0.15) is 24.1 Å². The summed E-state index contributed by atoms with van der Waals surface area (Å²) in [5, 5.41) is 18.3. The van der Waals surface area contributed by atoms with Crippen LogP contribution in [-0.2, 0) is 16.1 Å². The number of nitriles is 1. The largest absolute Gasteiger partial charge is 0.354 e. The van der Waals surface area contributed by atoms with Gasteiger partial charge < -0.3 is 15.5 Å². The van der Waals surface area contributed by atoms with Crippen molar-refractivity contribution in [3.8, 4) is 6.07 Å². The van der Waals surface area contributed by atoms with E-state index >= 15 is 0 Å². The van der Waals surface area contributed by atoms with E-state index in [9.17, 15) is 9.59 Å². The smallest absolute Gasteiger partial charge is 0.309 e. The van der Waals surface area contributed by atoms with Gasteiger partial charge in [-0.25, -0.2) is 9.97 Å². The number of carbonyl (C=O) groups is 2. The van der Waals surface area contributed by atoms with Crippen molar-refractivity contribution in [2.45, 2.75) is 19.4 Å². The van der Waals surface area contributed by atoms with Gasteiger partial charge in [-0.2, -0.15) is 16.6 Å². The lowest BCUT2D eigenvalue weighted by molar-refractivity contribution is -0.139. The lowest BCUT2D eigenvalue weighted by atomic mass is 9.96. The summed E-state index contributed by atoms with van der Waals surface area (Å²) >= 11 is 1.55. The lowest BCUT2D eigenvalue weighted by Gasteiger charge is -2.32. The average Bonchev–Trinajstić information content (AvgIpc) is 3.24. The number of hydrogen-bond donors (Lipinski definition) is 2. The molecule has 1 saturated heterocycles. The van der Waals surface area contributed by atoms with Crippen LogP contribution in [0.15, 0.2) is 29.2 Å². The van der Waals surface area contributed by atoms with E-state index in [1.165, 1.54) is 6.20 Å². The van der Waals surface area contributed by atoms with Crippen molar-refractivity contribution in [3.63, 3.8) is 0 Å². The monoisotopic (exact) mass is 384 g/mol. The second kappa shape index (κ2) is 9.09. The summed E-state index contributed by atoms with van der Waals surface area (Å²) in [7, 11) is 0. The third-order valence-corrected chi connectivity index (χ3v) is 5.22. The highest BCUT2D eigenvalue weighted by atomic mass is 32.1. The van der Waals surface area contributed by atoms with Crippen LogP contribution in [0.4, 0.5) is 5.82 Å². The summed E-state index contributed by atoms with van der Waals surface area (Å²) in [6, 6.07) is 3.97. The molecule has 0 unspecified atom stereocenters. The Morgan fingerprint density at radius 2 is 1.96 bits per heavy atom. The number of amides is 2. The molecule has 0 spiro atoms. The van der Waals surface area contributed by atoms with E-state index in [1.54, 1.807) is 17.5 Å². The molecule has 140 valence electrons. The maximum Gasteiger partial charge on any atom is 0.309 e. The van der Waals surface area contributed by atoms with E-state index in [-0.39, 0.29) is 5.92 Å². The Kier molecular flexibility index (Phi) is 6.33. The van der Waals surface area contributed by atoms with Gasteiger partial charge in [0.15, 0.2) is 11.5 Å². The van der Waals surface area contributed by atoms with Gasteiger partial charge in [0, 0.05) is 38.6 Å². The van der Waals surface area contributed by atoms with Gasteiger partial charge in [-0.3, -0.25) is 9.59 Å². The van der Waals surface area contributed by atoms with Crippen molar-refractivity contribution < 1.29 is 9.59 Å². The van der Waals surface area contributed by atoms with Crippen LogP contribution < -0.4 is 15.5 Å². The Balaban J connectivity index is 1.41. The van der Waals surface area contributed by atoms with Crippen LogP contribution in [-0.4, -0.2) is 41.4 Å². The number of aromatic nitrogens is 2. The predicted molar refractivity (Wildman–Crippen MR) is 101 cm³/mol. The number of hydrogen-bond acceptors (Lipinski definition) is 7. The molecule has 3 heterocycles. The summed E-state index contributed by atoms with van der Waals surface area (Å²) in [6.07, 6.45) is 4.78. The zero-order valence-corrected chi connectivity index (χ0v) is 15.5. The quantitative estimate of drug-likeness (QED) is 0.746. The molecule has 0 atom stereocenters. The van der Waals surface area contributed by atoms with Gasteiger partial charge in [-0.1, -0.05) is 0 Å². The Labute approximate surface area is 161 Å². The zero-order valence-electron chi connectivity index (χ0n) is 14.7. The summed E-state index contributed by atoms with van der Waals surface area (Å²) < 4.78 is 0. The second-order valence-corrected chi connectivity index (χ2v) is 7.08. The normalized spacial score (nSPS) is 14.4. The molecule has 2 aromatic rings. The Morgan fingerprint density at radius 3 is 2.67 bits per heavy atom. The fourth-order valence-electron chi connectivity index (χ4n) is 2.96. The van der Waals surface area contributed by atoms with Crippen molar-refractivity contribution in [2.24, 2.45) is 5.92 Å². The lowest BCUT2D eigenvalue weighted by Crippen LogP contribution is -2.43. The number of rotatable bonds is 5. The summed E-state index contributed by atoms with van der Waals surface area (Å²) in [5.41, 5.74) is 1.31. The van der Waals surface area contributed by atoms with Crippen molar-refractivity contribution in [3.05, 3.63) is 40.5 Å². The molecule has 0 aromatic carbocycles. The first-order valence-corrected chi connectivity index (χ1v) is 9.65. The minimum atomic E-state index is -0.614. The van der Waals surface area contributed by atoms with Crippen LogP contribution >= 0.6 is 11.3 Å². The highest BCUT2D eigenvalue weighted by Gasteiger charge is 2.23. The molecule has 0 radical (unpaired) electrons. The molecule has 8 nitrogen and oxygen atoms in total. The number of nitrogens with zero attached hydrogens (tertiary/aromatic N) is 4. The average molecular weight is 384 g/mol. The van der Waals surface area contributed by atoms with Gasteiger partial charge in [0.2, 0.25) is 0 Å². The first-order valence-electron chi connectivity index (χ1n) is 8.70. The van der Waals surface area contributed by atoms with Gasteiger partial charge >= 0.3 is 11.8 Å². The Bertz CT molecular complexity index is 825. The Hall–Kier alpha value is -2.99. The molecule has 2 aromatic heterocycles. The molecule has 0 bridgehead atoms. The molecule has 1 aliphatic rings. The maximum atomic E-state index is 11.9. The highest BCUT2D eigenvalue weighted by Crippen LogP contribution is 2.22. The molecule has 2 N–H and O–H groups in total. The molecule has 1 fully saturated rings. The van der Waals surface area contributed by atoms with Crippen LogP contribution in [0.2, 0.25) is 0 Å². The molecule has 27 heavy (non-hydrogen) atoms. The van der Waals surface area contributed by atoms with E-state index in [2.05, 4.69) is 26.7 Å². The molecule has 3 rings (SSSR count). The van der Waals surface area contributed by atoms with Crippen LogP contribution in [0, 0.1) is 17.2 Å². The fourth-order valence-corrected chi connectivity index (χ4v) is 3.63. The topological polar surface area (TPSA) is 111 Å². The van der Waals surface area contributed by atoms with E-state index in [0.29, 0.717) is 24.6 Å². The summed E-state index contributed by atoms with van der Waals surface area (Å²) in [5.74, 6) is -0.322. The minimum absolute atomic E-state index is 0.289. The van der Waals surface area contributed by atoms with E-state index in [4.69, 9.17) is 5.26 Å². The van der Waals surface area contributed by atoms with E-state index < -0.39 is 11.8 Å². The van der Waals surface area contributed by atoms with Gasteiger partial charge in [0.25, 0.3) is 0 Å². The number of anilines is 1. The third-order valence-electron chi connectivity index (χ3n) is 4.49. The molecular weight excluding hydrogens is 364 g/mol. The van der Waals surface area contributed by atoms with Crippen LogP contribution in [0.5, 0.6) is 0 Å². The third kappa shape index (κ3) is 5.01. The van der Waals surface area contributed by atoms with Crippen molar-refractivity contribution in [1.29, 1.82) is 5.26 Å². The van der Waals surface area contributed by atoms with Crippen LogP contribution in [0.3, 0.4) is 0 Å². The van der Waals surface area contributed by atoms with Crippen molar-refractivity contribution >= 4 is 29.0 Å². The maximum absolute atomic E-state index is 11.9. The second-order valence-electron chi connectivity index (χ2n) is 6.30. The molecule has 0 saturated carbocycles. The predicted octanol–water partition coefficient (Wildman–Crippen LogP) is 1.06. The van der Waals surface area contributed by atoms with Crippen molar-refractivity contribution in [1.82, 2.24) is 20.6 Å². The van der Waals surface area contributed by atoms with Crippen LogP contribution in [0.25, 0.3) is 0 Å². The minimum Gasteiger partial charge on any atom is -0.354 e. The SMILES string of the molecule is N#Cc1nccnc1N1CCC(CNC(=O)C(=O)NCc2ccsc2)CC1. The molecule has 2 amide bonds.